The van der Waals surface area contributed by atoms with Crippen molar-refractivity contribution in [1.29, 1.82) is 0 Å². The van der Waals surface area contributed by atoms with Gasteiger partial charge in [0.25, 0.3) is 0 Å². The molecular formula is C18H29N5O3. The Labute approximate surface area is 154 Å². The van der Waals surface area contributed by atoms with Crippen molar-refractivity contribution in [3.8, 4) is 0 Å². The lowest BCUT2D eigenvalue weighted by molar-refractivity contribution is 0.0263. The molecule has 3 atom stereocenters. The van der Waals surface area contributed by atoms with E-state index in [2.05, 4.69) is 15.7 Å². The second-order valence-corrected chi connectivity index (χ2v) is 8.37. The highest BCUT2D eigenvalue weighted by atomic mass is 16.6. The first-order valence-corrected chi connectivity index (χ1v) is 9.24. The largest absolute Gasteiger partial charge is 0.444 e. The zero-order chi connectivity index (χ0) is 18.9. The maximum Gasteiger partial charge on any atom is 0.407 e. The molecule has 2 aliphatic heterocycles. The fraction of sp³-hybridized carbons (Fsp3) is 0.722. The summed E-state index contributed by atoms with van der Waals surface area (Å²) in [5.74, 6) is 0.750. The number of rotatable bonds is 3. The molecule has 8 heteroatoms. The zero-order valence-electron chi connectivity index (χ0n) is 16.0. The molecule has 1 aromatic heterocycles. The summed E-state index contributed by atoms with van der Waals surface area (Å²) in [5.41, 5.74) is 0.188. The Hall–Kier alpha value is -2.25. The first-order chi connectivity index (χ1) is 12.2. The van der Waals surface area contributed by atoms with E-state index in [9.17, 15) is 9.59 Å². The maximum atomic E-state index is 12.7. The molecule has 2 bridgehead atoms. The quantitative estimate of drug-likeness (QED) is 0.864. The molecule has 0 spiro atoms. The van der Waals surface area contributed by atoms with Crippen LogP contribution in [0.15, 0.2) is 12.4 Å². The molecule has 144 valence electrons. The lowest BCUT2D eigenvalue weighted by Crippen LogP contribution is -2.58. The minimum atomic E-state index is -0.509. The fourth-order valence-corrected chi connectivity index (χ4v) is 4.00. The number of ether oxygens (including phenoxy) is 1. The monoisotopic (exact) mass is 363 g/mol. The van der Waals surface area contributed by atoms with Gasteiger partial charge in [-0.3, -0.25) is 4.68 Å². The highest BCUT2D eigenvalue weighted by Gasteiger charge is 2.43. The van der Waals surface area contributed by atoms with Crippen LogP contribution in [0, 0.1) is 11.8 Å². The number of fused-ring (bicyclic) bond motifs is 3. The maximum absolute atomic E-state index is 12.7. The van der Waals surface area contributed by atoms with E-state index < -0.39 is 11.7 Å². The number of alkyl carbamates (subject to hydrolysis) is 1. The van der Waals surface area contributed by atoms with Crippen LogP contribution in [-0.2, 0) is 11.8 Å². The second-order valence-electron chi connectivity index (χ2n) is 8.37. The SMILES string of the molecule is Cn1cc(NC(=O)N2CC3CCC2C(CNC(=O)OC(C)(C)C)C3)cn1. The van der Waals surface area contributed by atoms with Crippen molar-refractivity contribution in [1.82, 2.24) is 20.0 Å². The molecule has 3 heterocycles. The number of hydrogen-bond acceptors (Lipinski definition) is 4. The number of piperidine rings is 2. The van der Waals surface area contributed by atoms with Crippen LogP contribution in [0.25, 0.3) is 0 Å². The lowest BCUT2D eigenvalue weighted by atomic mass is 9.73. The number of nitrogens with zero attached hydrogens (tertiary/aromatic N) is 3. The Balaban J connectivity index is 1.57. The van der Waals surface area contributed by atoms with Crippen LogP contribution in [-0.4, -0.2) is 51.5 Å². The van der Waals surface area contributed by atoms with Gasteiger partial charge in [0.2, 0.25) is 0 Å². The molecule has 3 fully saturated rings. The van der Waals surface area contributed by atoms with Crippen molar-refractivity contribution < 1.29 is 14.3 Å². The normalized spacial score (nSPS) is 25.1. The Morgan fingerprint density at radius 2 is 2.12 bits per heavy atom. The molecular weight excluding hydrogens is 334 g/mol. The topological polar surface area (TPSA) is 88.5 Å². The van der Waals surface area contributed by atoms with Gasteiger partial charge in [0, 0.05) is 32.4 Å². The number of aryl methyl sites for hydroxylation is 1. The number of carbonyl (C=O) groups excluding carboxylic acids is 2. The summed E-state index contributed by atoms with van der Waals surface area (Å²) in [7, 11) is 1.82. The molecule has 1 saturated carbocycles. The smallest absolute Gasteiger partial charge is 0.407 e. The van der Waals surface area contributed by atoms with Crippen LogP contribution in [0.3, 0.4) is 0 Å². The van der Waals surface area contributed by atoms with E-state index >= 15 is 0 Å². The number of carbonyl (C=O) groups is 2. The molecule has 8 nitrogen and oxygen atoms in total. The number of urea groups is 1. The van der Waals surface area contributed by atoms with Crippen LogP contribution >= 0.6 is 0 Å². The van der Waals surface area contributed by atoms with Crippen molar-refractivity contribution in [3.05, 3.63) is 12.4 Å². The van der Waals surface area contributed by atoms with Gasteiger partial charge in [-0.25, -0.2) is 9.59 Å². The van der Waals surface area contributed by atoms with Gasteiger partial charge in [0.15, 0.2) is 0 Å². The standard InChI is InChI=1S/C18H29N5O3/c1-18(2,3)26-17(25)19-8-13-7-12-5-6-15(13)23(10-12)16(24)21-14-9-20-22(4)11-14/h9,11-13,15H,5-8,10H2,1-4H3,(H,19,25)(H,21,24). The molecule has 26 heavy (non-hydrogen) atoms. The Morgan fingerprint density at radius 3 is 2.73 bits per heavy atom. The third-order valence-electron chi connectivity index (χ3n) is 5.03. The van der Waals surface area contributed by atoms with Gasteiger partial charge >= 0.3 is 12.1 Å². The van der Waals surface area contributed by atoms with Gasteiger partial charge in [0.05, 0.1) is 11.9 Å². The fourth-order valence-electron chi connectivity index (χ4n) is 4.00. The van der Waals surface area contributed by atoms with Crippen LogP contribution in [0.4, 0.5) is 15.3 Å². The minimum absolute atomic E-state index is 0.0883. The number of anilines is 1. The van der Waals surface area contributed by atoms with Crippen molar-refractivity contribution in [2.24, 2.45) is 18.9 Å². The van der Waals surface area contributed by atoms with Gasteiger partial charge in [0.1, 0.15) is 5.60 Å². The Bertz CT molecular complexity index is 666. The number of amides is 3. The highest BCUT2D eigenvalue weighted by molar-refractivity contribution is 5.89. The molecule has 2 saturated heterocycles. The van der Waals surface area contributed by atoms with E-state index in [0.29, 0.717) is 18.2 Å². The summed E-state index contributed by atoms with van der Waals surface area (Å²) < 4.78 is 6.97. The van der Waals surface area contributed by atoms with Crippen LogP contribution in [0.5, 0.6) is 0 Å². The van der Waals surface area contributed by atoms with Gasteiger partial charge in [-0.1, -0.05) is 0 Å². The third kappa shape index (κ3) is 4.47. The summed E-state index contributed by atoms with van der Waals surface area (Å²) >= 11 is 0. The summed E-state index contributed by atoms with van der Waals surface area (Å²) in [6.45, 7) is 6.85. The molecule has 3 amide bonds. The zero-order valence-corrected chi connectivity index (χ0v) is 16.0. The van der Waals surface area contributed by atoms with Gasteiger partial charge in [-0.15, -0.1) is 0 Å². The van der Waals surface area contributed by atoms with E-state index in [1.807, 2.05) is 32.7 Å². The predicted octanol–water partition coefficient (Wildman–Crippen LogP) is 2.58. The van der Waals surface area contributed by atoms with Crippen LogP contribution in [0.1, 0.15) is 40.0 Å². The van der Waals surface area contributed by atoms with Crippen molar-refractivity contribution >= 4 is 17.8 Å². The van der Waals surface area contributed by atoms with Crippen LogP contribution in [0.2, 0.25) is 0 Å². The number of nitrogens with one attached hydrogen (secondary N) is 2. The van der Waals surface area contributed by atoms with Gasteiger partial charge in [-0.2, -0.15) is 5.10 Å². The van der Waals surface area contributed by atoms with Crippen molar-refractivity contribution in [3.63, 3.8) is 0 Å². The summed E-state index contributed by atoms with van der Waals surface area (Å²) in [4.78, 5) is 26.6. The van der Waals surface area contributed by atoms with E-state index in [-0.39, 0.29) is 18.0 Å². The summed E-state index contributed by atoms with van der Waals surface area (Å²) in [6.07, 6.45) is 6.18. The molecule has 4 rings (SSSR count). The Morgan fingerprint density at radius 1 is 1.35 bits per heavy atom. The van der Waals surface area contributed by atoms with E-state index in [0.717, 1.165) is 25.8 Å². The summed E-state index contributed by atoms with van der Waals surface area (Å²) in [5, 5.41) is 9.88. The first-order valence-electron chi connectivity index (χ1n) is 9.24. The summed E-state index contributed by atoms with van der Waals surface area (Å²) in [6, 6.07) is 0.0567. The van der Waals surface area contributed by atoms with Crippen LogP contribution < -0.4 is 10.6 Å². The average Bonchev–Trinajstić information content (AvgIpc) is 2.96. The third-order valence-corrected chi connectivity index (χ3v) is 5.03. The molecule has 1 aromatic rings. The second kappa shape index (κ2) is 7.17. The number of hydrogen-bond donors (Lipinski definition) is 2. The predicted molar refractivity (Wildman–Crippen MR) is 97.8 cm³/mol. The molecule has 3 unspecified atom stereocenters. The van der Waals surface area contributed by atoms with Gasteiger partial charge < -0.3 is 20.3 Å². The molecule has 0 radical (unpaired) electrons. The van der Waals surface area contributed by atoms with E-state index in [1.165, 1.54) is 0 Å². The molecule has 0 aromatic carbocycles. The molecule has 2 N–H and O–H groups in total. The minimum Gasteiger partial charge on any atom is -0.444 e. The van der Waals surface area contributed by atoms with Gasteiger partial charge in [-0.05, 0) is 51.9 Å². The van der Waals surface area contributed by atoms with Crippen molar-refractivity contribution in [2.75, 3.05) is 18.4 Å². The molecule has 1 aliphatic carbocycles. The molecule has 3 aliphatic rings. The van der Waals surface area contributed by atoms with E-state index in [1.54, 1.807) is 17.1 Å². The Kier molecular flexibility index (Phi) is 5.11. The van der Waals surface area contributed by atoms with Crippen molar-refractivity contribution in [2.45, 2.75) is 51.7 Å². The highest BCUT2D eigenvalue weighted by Crippen LogP contribution is 2.39. The lowest BCUT2D eigenvalue weighted by Gasteiger charge is -2.49. The van der Waals surface area contributed by atoms with E-state index in [4.69, 9.17) is 4.74 Å². The average molecular weight is 363 g/mol. The first kappa shape index (κ1) is 18.5. The number of aromatic nitrogens is 2.